The van der Waals surface area contributed by atoms with Crippen LogP contribution in [0.15, 0.2) is 12.4 Å². The van der Waals surface area contributed by atoms with Gasteiger partial charge in [0, 0.05) is 25.5 Å². The Labute approximate surface area is 51.0 Å². The van der Waals surface area contributed by atoms with Gasteiger partial charge in [0.15, 0.2) is 0 Å². The van der Waals surface area contributed by atoms with Crippen molar-refractivity contribution in [1.29, 1.82) is 0 Å². The van der Waals surface area contributed by atoms with Crippen molar-refractivity contribution in [2.45, 2.75) is 19.9 Å². The molecule has 0 aliphatic heterocycles. The Morgan fingerprint density at radius 3 is 2.25 bits per heavy atom. The zero-order valence-corrected chi connectivity index (χ0v) is 5.73. The van der Waals surface area contributed by atoms with Gasteiger partial charge in [0.1, 0.15) is 0 Å². The van der Waals surface area contributed by atoms with Crippen molar-refractivity contribution in [3.05, 3.63) is 12.4 Å². The minimum atomic E-state index is 0.527. The first kappa shape index (κ1) is 7.34. The van der Waals surface area contributed by atoms with Gasteiger partial charge in [-0.05, 0) is 13.8 Å². The van der Waals surface area contributed by atoms with Crippen molar-refractivity contribution >= 4 is 0 Å². The monoisotopic (exact) mass is 114 g/mol. The summed E-state index contributed by atoms with van der Waals surface area (Å²) in [5, 5.41) is 5.98. The van der Waals surface area contributed by atoms with Crippen LogP contribution in [-0.2, 0) is 0 Å². The first-order chi connectivity index (χ1) is 3.77. The summed E-state index contributed by atoms with van der Waals surface area (Å²) in [6.07, 6.45) is 3.75. The van der Waals surface area contributed by atoms with Gasteiger partial charge in [-0.3, -0.25) is 0 Å². The van der Waals surface area contributed by atoms with Crippen LogP contribution in [0.25, 0.3) is 0 Å². The van der Waals surface area contributed by atoms with Gasteiger partial charge in [-0.15, -0.1) is 0 Å². The summed E-state index contributed by atoms with van der Waals surface area (Å²) < 4.78 is 0. The molecule has 0 atom stereocenters. The molecule has 0 aromatic heterocycles. The van der Waals surface area contributed by atoms with Gasteiger partial charge >= 0.3 is 0 Å². The van der Waals surface area contributed by atoms with Crippen LogP contribution in [0.2, 0.25) is 0 Å². The first-order valence-corrected chi connectivity index (χ1v) is 2.85. The Kier molecular flexibility index (Phi) is 4.13. The average molecular weight is 114 g/mol. The fourth-order valence-corrected chi connectivity index (χ4v) is 0.324. The lowest BCUT2D eigenvalue weighted by molar-refractivity contribution is 0.699. The lowest BCUT2D eigenvalue weighted by Gasteiger charge is -2.01. The summed E-state index contributed by atoms with van der Waals surface area (Å²) >= 11 is 0. The molecule has 2 heteroatoms. The zero-order valence-electron chi connectivity index (χ0n) is 5.73. The van der Waals surface area contributed by atoms with Crippen molar-refractivity contribution in [3.8, 4) is 0 Å². The van der Waals surface area contributed by atoms with Crippen LogP contribution >= 0.6 is 0 Å². The largest absolute Gasteiger partial charge is 0.393 e. The molecule has 48 valence electrons. The van der Waals surface area contributed by atoms with E-state index in [0.29, 0.717) is 6.04 Å². The summed E-state index contributed by atoms with van der Waals surface area (Å²) in [4.78, 5) is 0. The van der Waals surface area contributed by atoms with E-state index in [9.17, 15) is 0 Å². The third-order valence-electron chi connectivity index (χ3n) is 0.680. The maximum atomic E-state index is 3.10. The van der Waals surface area contributed by atoms with Gasteiger partial charge in [-0.2, -0.15) is 0 Å². The fraction of sp³-hybridized carbons (Fsp3) is 0.667. The summed E-state index contributed by atoms with van der Waals surface area (Å²) in [5.74, 6) is 0. The van der Waals surface area contributed by atoms with Crippen LogP contribution in [0.5, 0.6) is 0 Å². The molecule has 2 N–H and O–H groups in total. The highest BCUT2D eigenvalue weighted by molar-refractivity contribution is 4.76. The number of hydrogen-bond acceptors (Lipinski definition) is 2. The standard InChI is InChI=1S/C6H14N2/c1-6(2)8-5-4-7-3/h4-8H,1-3H3. The smallest absolute Gasteiger partial charge is 0.0199 e. The van der Waals surface area contributed by atoms with Crippen LogP contribution in [-0.4, -0.2) is 13.1 Å². The van der Waals surface area contributed by atoms with E-state index in [-0.39, 0.29) is 0 Å². The third-order valence-corrected chi connectivity index (χ3v) is 0.680. The second kappa shape index (κ2) is 4.50. The third kappa shape index (κ3) is 5.34. The summed E-state index contributed by atoms with van der Waals surface area (Å²) in [6.45, 7) is 4.19. The molecule has 0 radical (unpaired) electrons. The van der Waals surface area contributed by atoms with Crippen molar-refractivity contribution in [1.82, 2.24) is 10.6 Å². The lowest BCUT2D eigenvalue weighted by Crippen LogP contribution is -2.16. The molecular formula is C6H14N2. The molecular weight excluding hydrogens is 100 g/mol. The predicted octanol–water partition coefficient (Wildman–Crippen LogP) is 0.675. The van der Waals surface area contributed by atoms with Crippen LogP contribution in [0.1, 0.15) is 13.8 Å². The quantitative estimate of drug-likeness (QED) is 0.563. The summed E-state index contributed by atoms with van der Waals surface area (Å²) in [5.41, 5.74) is 0. The van der Waals surface area contributed by atoms with Crippen molar-refractivity contribution in [2.24, 2.45) is 0 Å². The number of nitrogens with one attached hydrogen (secondary N) is 2. The molecule has 0 unspecified atom stereocenters. The van der Waals surface area contributed by atoms with Crippen molar-refractivity contribution in [3.63, 3.8) is 0 Å². The zero-order chi connectivity index (χ0) is 6.41. The van der Waals surface area contributed by atoms with Crippen LogP contribution in [0.3, 0.4) is 0 Å². The minimum Gasteiger partial charge on any atom is -0.393 e. The Balaban J connectivity index is 3.03. The van der Waals surface area contributed by atoms with E-state index in [4.69, 9.17) is 0 Å². The van der Waals surface area contributed by atoms with Gasteiger partial charge in [-0.25, -0.2) is 0 Å². The molecule has 0 spiro atoms. The summed E-state index contributed by atoms with van der Waals surface area (Å²) in [7, 11) is 1.87. The molecule has 0 saturated heterocycles. The van der Waals surface area contributed by atoms with E-state index in [1.165, 1.54) is 0 Å². The second-order valence-electron chi connectivity index (χ2n) is 1.94. The van der Waals surface area contributed by atoms with Crippen molar-refractivity contribution < 1.29 is 0 Å². The molecule has 0 heterocycles. The van der Waals surface area contributed by atoms with Gasteiger partial charge < -0.3 is 10.6 Å². The molecule has 0 amide bonds. The summed E-state index contributed by atoms with van der Waals surface area (Å²) in [6, 6.07) is 0.527. The Morgan fingerprint density at radius 2 is 1.88 bits per heavy atom. The Morgan fingerprint density at radius 1 is 1.25 bits per heavy atom. The van der Waals surface area contributed by atoms with Gasteiger partial charge in [0.2, 0.25) is 0 Å². The normalized spacial score (nSPS) is 10.5. The van der Waals surface area contributed by atoms with Crippen LogP contribution in [0.4, 0.5) is 0 Å². The molecule has 2 nitrogen and oxygen atoms in total. The Hall–Kier alpha value is -0.660. The van der Waals surface area contributed by atoms with E-state index >= 15 is 0 Å². The molecule has 0 aliphatic rings. The molecule has 0 aromatic carbocycles. The molecule has 0 saturated carbocycles. The second-order valence-corrected chi connectivity index (χ2v) is 1.94. The highest BCUT2D eigenvalue weighted by Gasteiger charge is 1.80. The number of hydrogen-bond donors (Lipinski definition) is 2. The first-order valence-electron chi connectivity index (χ1n) is 2.85. The van der Waals surface area contributed by atoms with E-state index in [1.54, 1.807) is 0 Å². The highest BCUT2D eigenvalue weighted by atomic mass is 14.9. The van der Waals surface area contributed by atoms with Gasteiger partial charge in [-0.1, -0.05) is 0 Å². The maximum Gasteiger partial charge on any atom is 0.0199 e. The minimum absolute atomic E-state index is 0.527. The molecule has 0 bridgehead atoms. The SMILES string of the molecule is CNC=CNC(C)C. The van der Waals surface area contributed by atoms with Gasteiger partial charge in [0.25, 0.3) is 0 Å². The number of rotatable bonds is 3. The maximum absolute atomic E-state index is 3.10. The molecule has 0 fully saturated rings. The van der Waals surface area contributed by atoms with Crippen LogP contribution in [0, 0.1) is 0 Å². The average Bonchev–Trinajstić information content (AvgIpc) is 1.66. The molecule has 0 aromatic rings. The Bertz CT molecular complexity index is 66.9. The predicted molar refractivity (Wildman–Crippen MR) is 36.5 cm³/mol. The highest BCUT2D eigenvalue weighted by Crippen LogP contribution is 1.73. The lowest BCUT2D eigenvalue weighted by atomic mass is 10.4. The fourth-order valence-electron chi connectivity index (χ4n) is 0.324. The van der Waals surface area contributed by atoms with E-state index in [2.05, 4.69) is 24.5 Å². The molecule has 8 heavy (non-hydrogen) atoms. The van der Waals surface area contributed by atoms with E-state index in [0.717, 1.165) is 0 Å². The van der Waals surface area contributed by atoms with Gasteiger partial charge in [0.05, 0.1) is 0 Å². The van der Waals surface area contributed by atoms with E-state index in [1.807, 2.05) is 19.4 Å². The molecule has 0 aliphatic carbocycles. The molecule has 0 rings (SSSR count). The topological polar surface area (TPSA) is 24.1 Å². The van der Waals surface area contributed by atoms with E-state index < -0.39 is 0 Å². The van der Waals surface area contributed by atoms with Crippen molar-refractivity contribution in [2.75, 3.05) is 7.05 Å². The van der Waals surface area contributed by atoms with Crippen LogP contribution < -0.4 is 10.6 Å².